The Morgan fingerprint density at radius 2 is 2.05 bits per heavy atom. The molecule has 106 valence electrons. The van der Waals surface area contributed by atoms with Gasteiger partial charge in [0.05, 0.1) is 12.8 Å². The van der Waals surface area contributed by atoms with Crippen LogP contribution in [0, 0.1) is 0 Å². The Morgan fingerprint density at radius 3 is 2.71 bits per heavy atom. The first-order chi connectivity index (χ1) is 10.1. The van der Waals surface area contributed by atoms with E-state index in [4.69, 9.17) is 16.6 Å². The minimum Gasteiger partial charge on any atom is -0.508 e. The number of carbonyl (C=O) groups excluding carboxylic acids is 1. The predicted octanol–water partition coefficient (Wildman–Crippen LogP) is 2.24. The maximum Gasteiger partial charge on any atom is 0.276 e. The average molecular weight is 300 g/mol. The molecule has 5 nitrogen and oxygen atoms in total. The van der Waals surface area contributed by atoms with Crippen LogP contribution in [0.4, 0.5) is 0 Å². The lowest BCUT2D eigenvalue weighted by Gasteiger charge is -2.11. The van der Waals surface area contributed by atoms with Crippen molar-refractivity contribution in [3.05, 3.63) is 59.7 Å². The van der Waals surface area contributed by atoms with Crippen molar-refractivity contribution in [3.8, 4) is 5.75 Å². The van der Waals surface area contributed by atoms with Crippen molar-refractivity contribution in [2.24, 2.45) is 0 Å². The van der Waals surface area contributed by atoms with Crippen LogP contribution in [0.3, 0.4) is 0 Å². The summed E-state index contributed by atoms with van der Waals surface area (Å²) in [7, 11) is 0. The second-order valence-electron chi connectivity index (χ2n) is 4.55. The van der Waals surface area contributed by atoms with Gasteiger partial charge in [0.25, 0.3) is 5.91 Å². The molecule has 1 aliphatic heterocycles. The summed E-state index contributed by atoms with van der Waals surface area (Å²) >= 11 is 5.18. The molecule has 0 radical (unpaired) electrons. The quantitative estimate of drug-likeness (QED) is 0.672. The van der Waals surface area contributed by atoms with Crippen molar-refractivity contribution < 1.29 is 14.3 Å². The normalized spacial score (nSPS) is 16.6. The van der Waals surface area contributed by atoms with Crippen LogP contribution in [-0.2, 0) is 11.3 Å². The first-order valence-electron chi connectivity index (χ1n) is 6.29. The number of phenolic OH excluding ortho intramolecular Hbond substituents is 1. The minimum absolute atomic E-state index is 0.179. The highest BCUT2D eigenvalue weighted by molar-refractivity contribution is 7.80. The Balaban J connectivity index is 1.81. The Morgan fingerprint density at radius 1 is 1.29 bits per heavy atom. The molecule has 0 atom stereocenters. The first kappa shape index (κ1) is 13.4. The monoisotopic (exact) mass is 300 g/mol. The number of aromatic hydroxyl groups is 1. The lowest BCUT2D eigenvalue weighted by Crippen LogP contribution is -2.29. The highest BCUT2D eigenvalue weighted by Gasteiger charge is 2.31. The Bertz CT molecular complexity index is 705. The predicted molar refractivity (Wildman–Crippen MR) is 81.1 cm³/mol. The molecule has 2 N–H and O–H groups in total. The van der Waals surface area contributed by atoms with Gasteiger partial charge in [-0.25, -0.2) is 0 Å². The molecule has 0 unspecified atom stereocenters. The number of rotatable bonds is 3. The fourth-order valence-corrected chi connectivity index (χ4v) is 2.27. The smallest absolute Gasteiger partial charge is 0.276 e. The van der Waals surface area contributed by atoms with E-state index in [9.17, 15) is 9.90 Å². The van der Waals surface area contributed by atoms with Gasteiger partial charge in [-0.3, -0.25) is 9.69 Å². The van der Waals surface area contributed by atoms with E-state index in [-0.39, 0.29) is 11.7 Å². The van der Waals surface area contributed by atoms with E-state index < -0.39 is 0 Å². The van der Waals surface area contributed by atoms with Crippen molar-refractivity contribution in [1.29, 1.82) is 0 Å². The van der Waals surface area contributed by atoms with Gasteiger partial charge in [0.2, 0.25) is 0 Å². The number of thiocarbonyl (C=S) groups is 1. The third-order valence-corrected chi connectivity index (χ3v) is 3.38. The van der Waals surface area contributed by atoms with Crippen molar-refractivity contribution >= 4 is 29.3 Å². The van der Waals surface area contributed by atoms with Crippen LogP contribution in [0.25, 0.3) is 6.08 Å². The van der Waals surface area contributed by atoms with Gasteiger partial charge in [-0.2, -0.15) is 0 Å². The van der Waals surface area contributed by atoms with E-state index in [1.54, 1.807) is 48.7 Å². The molecule has 1 saturated heterocycles. The summed E-state index contributed by atoms with van der Waals surface area (Å²) in [5.41, 5.74) is 1.20. The summed E-state index contributed by atoms with van der Waals surface area (Å²) < 4.78 is 5.23. The van der Waals surface area contributed by atoms with Crippen LogP contribution in [0.1, 0.15) is 11.3 Å². The number of amides is 1. The van der Waals surface area contributed by atoms with E-state index in [0.717, 1.165) is 5.56 Å². The Hall–Kier alpha value is -2.60. The van der Waals surface area contributed by atoms with E-state index in [1.807, 2.05) is 0 Å². The second-order valence-corrected chi connectivity index (χ2v) is 4.94. The van der Waals surface area contributed by atoms with Gasteiger partial charge in [-0.15, -0.1) is 0 Å². The molecule has 0 saturated carbocycles. The molecule has 1 fully saturated rings. The van der Waals surface area contributed by atoms with Crippen LogP contribution < -0.4 is 5.32 Å². The van der Waals surface area contributed by atoms with Crippen molar-refractivity contribution in [1.82, 2.24) is 10.2 Å². The average Bonchev–Trinajstić information content (AvgIpc) is 3.06. The van der Waals surface area contributed by atoms with Crippen LogP contribution in [-0.4, -0.2) is 21.0 Å². The third-order valence-electron chi connectivity index (χ3n) is 3.06. The van der Waals surface area contributed by atoms with Crippen LogP contribution in [0.5, 0.6) is 5.75 Å². The second kappa shape index (κ2) is 5.41. The molecule has 3 rings (SSSR count). The molecule has 1 aromatic carbocycles. The zero-order chi connectivity index (χ0) is 14.8. The number of nitrogens with zero attached hydrogens (tertiary/aromatic N) is 1. The van der Waals surface area contributed by atoms with Gasteiger partial charge in [0, 0.05) is 0 Å². The highest BCUT2D eigenvalue weighted by atomic mass is 32.1. The molecule has 1 aromatic heterocycles. The number of benzene rings is 1. The zero-order valence-corrected chi connectivity index (χ0v) is 11.8. The SMILES string of the molecule is O=C1/C(=C/c2ccc(O)cc2)NC(=S)N1Cc1ccco1. The van der Waals surface area contributed by atoms with Gasteiger partial charge in [0.1, 0.15) is 17.2 Å². The molecule has 1 amide bonds. The number of furan rings is 1. The highest BCUT2D eigenvalue weighted by Crippen LogP contribution is 2.18. The maximum atomic E-state index is 12.3. The van der Waals surface area contributed by atoms with E-state index in [0.29, 0.717) is 23.1 Å². The van der Waals surface area contributed by atoms with Crippen molar-refractivity contribution in [2.45, 2.75) is 6.54 Å². The molecular weight excluding hydrogens is 288 g/mol. The fourth-order valence-electron chi connectivity index (χ4n) is 2.01. The van der Waals surface area contributed by atoms with Crippen LogP contribution >= 0.6 is 12.2 Å². The molecule has 2 heterocycles. The molecule has 0 bridgehead atoms. The summed E-state index contributed by atoms with van der Waals surface area (Å²) in [6.07, 6.45) is 3.25. The number of nitrogens with one attached hydrogen (secondary N) is 1. The minimum atomic E-state index is -0.204. The molecule has 21 heavy (non-hydrogen) atoms. The van der Waals surface area contributed by atoms with Gasteiger partial charge < -0.3 is 14.8 Å². The molecule has 2 aromatic rings. The van der Waals surface area contributed by atoms with Gasteiger partial charge in [-0.05, 0) is 48.1 Å². The summed E-state index contributed by atoms with van der Waals surface area (Å²) in [5, 5.41) is 12.5. The van der Waals surface area contributed by atoms with E-state index >= 15 is 0 Å². The zero-order valence-electron chi connectivity index (χ0n) is 10.9. The number of hydrogen-bond donors (Lipinski definition) is 2. The van der Waals surface area contributed by atoms with Gasteiger partial charge >= 0.3 is 0 Å². The summed E-state index contributed by atoms with van der Waals surface area (Å²) in [5.74, 6) is 0.640. The van der Waals surface area contributed by atoms with Crippen LogP contribution in [0.2, 0.25) is 0 Å². The van der Waals surface area contributed by atoms with E-state index in [1.165, 1.54) is 4.90 Å². The Labute approximate surface area is 126 Å². The molecule has 0 spiro atoms. The summed E-state index contributed by atoms with van der Waals surface area (Å²) in [6, 6.07) is 10.1. The van der Waals surface area contributed by atoms with Crippen LogP contribution in [0.15, 0.2) is 52.8 Å². The Kier molecular flexibility index (Phi) is 3.45. The standard InChI is InChI=1S/C15H12N2O3S/c18-11-5-3-10(4-6-11)8-13-14(19)17(15(21)16-13)9-12-2-1-7-20-12/h1-8,18H,9H2,(H,16,21)/b13-8-. The van der Waals surface area contributed by atoms with Gasteiger partial charge in [0.15, 0.2) is 5.11 Å². The molecule has 6 heteroatoms. The van der Waals surface area contributed by atoms with Crippen molar-refractivity contribution in [2.75, 3.05) is 0 Å². The molecule has 0 aliphatic carbocycles. The molecular formula is C15H12N2O3S. The topological polar surface area (TPSA) is 65.7 Å². The third kappa shape index (κ3) is 2.80. The lowest BCUT2D eigenvalue weighted by molar-refractivity contribution is -0.122. The van der Waals surface area contributed by atoms with Gasteiger partial charge in [-0.1, -0.05) is 12.1 Å². The summed E-state index contributed by atoms with van der Waals surface area (Å²) in [4.78, 5) is 13.8. The maximum absolute atomic E-state index is 12.3. The summed E-state index contributed by atoms with van der Waals surface area (Å²) in [6.45, 7) is 0.296. The lowest BCUT2D eigenvalue weighted by atomic mass is 10.2. The van der Waals surface area contributed by atoms with E-state index in [2.05, 4.69) is 5.32 Å². The number of hydrogen-bond acceptors (Lipinski definition) is 4. The molecule has 1 aliphatic rings. The number of phenols is 1. The fraction of sp³-hybridized carbons (Fsp3) is 0.0667. The van der Waals surface area contributed by atoms with Crippen molar-refractivity contribution in [3.63, 3.8) is 0 Å². The first-order valence-corrected chi connectivity index (χ1v) is 6.70. The number of carbonyl (C=O) groups is 1. The largest absolute Gasteiger partial charge is 0.508 e.